The highest BCUT2D eigenvalue weighted by Gasteiger charge is 2.49. The molecular formula is C79H76BN3S. The Labute approximate surface area is 503 Å². The molecule has 0 spiro atoms. The van der Waals surface area contributed by atoms with E-state index < -0.39 is 0 Å². The molecule has 84 heavy (non-hydrogen) atoms. The topological polar surface area (TPSA) is 9.72 Å². The normalized spacial score (nSPS) is 14.3. The quantitative estimate of drug-likeness (QED) is 0.154. The molecule has 3 nitrogen and oxygen atoms in total. The molecule has 0 unspecified atom stereocenters. The molecule has 0 atom stereocenters. The highest BCUT2D eigenvalue weighted by Crippen LogP contribution is 2.57. The third-order valence-electron chi connectivity index (χ3n) is 18.7. The van der Waals surface area contributed by atoms with Crippen LogP contribution in [0.3, 0.4) is 0 Å². The van der Waals surface area contributed by atoms with E-state index >= 15 is 0 Å². The monoisotopic (exact) mass is 1110 g/mol. The summed E-state index contributed by atoms with van der Waals surface area (Å²) in [5, 5.41) is 2.57. The van der Waals surface area contributed by atoms with Crippen LogP contribution in [0.25, 0.3) is 53.6 Å². The molecule has 0 radical (unpaired) electrons. The molecule has 3 heterocycles. The summed E-state index contributed by atoms with van der Waals surface area (Å²) in [5.41, 5.74) is 27.3. The fourth-order valence-electron chi connectivity index (χ4n) is 13.9. The van der Waals surface area contributed by atoms with Crippen molar-refractivity contribution in [1.29, 1.82) is 0 Å². The maximum atomic E-state index is 2.73. The van der Waals surface area contributed by atoms with Gasteiger partial charge in [0.1, 0.15) is 0 Å². The van der Waals surface area contributed by atoms with E-state index in [4.69, 9.17) is 0 Å². The van der Waals surface area contributed by atoms with Crippen molar-refractivity contribution in [3.63, 3.8) is 0 Å². The van der Waals surface area contributed by atoms with E-state index in [1.807, 2.05) is 11.3 Å². The summed E-state index contributed by atoms with van der Waals surface area (Å²) in [6, 6.07) is 80.0. The zero-order chi connectivity index (χ0) is 58.6. The molecule has 5 heteroatoms. The van der Waals surface area contributed by atoms with E-state index in [9.17, 15) is 0 Å². The number of hydrogen-bond acceptors (Lipinski definition) is 4. The highest BCUT2D eigenvalue weighted by atomic mass is 32.1. The van der Waals surface area contributed by atoms with Crippen LogP contribution in [0.15, 0.2) is 206 Å². The molecule has 0 bridgehead atoms. The maximum absolute atomic E-state index is 2.73. The van der Waals surface area contributed by atoms with Gasteiger partial charge in [0.05, 0.1) is 16.1 Å². The van der Waals surface area contributed by atoms with Crippen LogP contribution >= 0.6 is 11.3 Å². The lowest BCUT2D eigenvalue weighted by molar-refractivity contribution is 0.590. The summed E-state index contributed by atoms with van der Waals surface area (Å²) in [7, 11) is 0. The van der Waals surface area contributed by atoms with Gasteiger partial charge in [-0.1, -0.05) is 218 Å². The summed E-state index contributed by atoms with van der Waals surface area (Å²) in [5.74, 6) is 0. The largest absolute Gasteiger partial charge is 0.376 e. The number of anilines is 8. The van der Waals surface area contributed by atoms with E-state index in [0.29, 0.717) is 0 Å². The van der Waals surface area contributed by atoms with Crippen molar-refractivity contribution in [2.45, 2.75) is 124 Å². The molecule has 1 aromatic heterocycles. The minimum absolute atomic E-state index is 0.0147. The molecule has 10 aromatic carbocycles. The number of nitrogens with zero attached hydrogens (tertiary/aromatic N) is 3. The molecule has 14 rings (SSSR count). The minimum atomic E-state index is -0.232. The number of rotatable bonds is 6. The average Bonchev–Trinajstić information content (AvgIpc) is 1.18. The Kier molecular flexibility index (Phi) is 12.1. The van der Waals surface area contributed by atoms with Crippen molar-refractivity contribution in [3.05, 3.63) is 240 Å². The third-order valence-corrected chi connectivity index (χ3v) is 19.9. The van der Waals surface area contributed by atoms with Crippen molar-refractivity contribution in [3.8, 4) is 33.4 Å². The van der Waals surface area contributed by atoms with Gasteiger partial charge in [-0.2, -0.15) is 0 Å². The van der Waals surface area contributed by atoms with E-state index in [1.165, 1.54) is 126 Å². The van der Waals surface area contributed by atoms with Crippen molar-refractivity contribution < 1.29 is 0 Å². The zero-order valence-corrected chi connectivity index (χ0v) is 52.3. The molecule has 1 aliphatic carbocycles. The van der Waals surface area contributed by atoms with Crippen LogP contribution in [-0.4, -0.2) is 6.85 Å². The van der Waals surface area contributed by atoms with Gasteiger partial charge in [-0.3, -0.25) is 0 Å². The van der Waals surface area contributed by atoms with E-state index in [2.05, 4.69) is 318 Å². The Morgan fingerprint density at radius 1 is 0.405 bits per heavy atom. The van der Waals surface area contributed by atoms with Gasteiger partial charge >= 0.3 is 6.85 Å². The van der Waals surface area contributed by atoms with Gasteiger partial charge in [0.25, 0.3) is 0 Å². The van der Waals surface area contributed by atoms with Crippen LogP contribution in [0.4, 0.5) is 45.5 Å². The summed E-state index contributed by atoms with van der Waals surface area (Å²) < 4.78 is 2.59. The first kappa shape index (κ1) is 53.9. The van der Waals surface area contributed by atoms with Crippen molar-refractivity contribution in [2.75, 3.05) is 14.6 Å². The van der Waals surface area contributed by atoms with Crippen LogP contribution in [0.2, 0.25) is 0 Å². The fourth-order valence-corrected chi connectivity index (χ4v) is 15.1. The van der Waals surface area contributed by atoms with E-state index in [0.717, 1.165) is 17.1 Å². The first-order valence-electron chi connectivity index (χ1n) is 30.3. The predicted octanol–water partition coefficient (Wildman–Crippen LogP) is 21.4. The summed E-state index contributed by atoms with van der Waals surface area (Å²) in [6.07, 6.45) is 0. The van der Waals surface area contributed by atoms with Crippen LogP contribution < -0.4 is 25.5 Å². The van der Waals surface area contributed by atoms with Gasteiger partial charge in [-0.05, 0) is 173 Å². The molecule has 0 saturated carbocycles. The minimum Gasteiger partial charge on any atom is -0.376 e. The van der Waals surface area contributed by atoms with Crippen molar-refractivity contribution in [1.82, 2.24) is 0 Å². The van der Waals surface area contributed by atoms with Gasteiger partial charge in [-0.25, -0.2) is 0 Å². The van der Waals surface area contributed by atoms with E-state index in [-0.39, 0.29) is 33.9 Å². The average molecular weight is 1110 g/mol. The Hall–Kier alpha value is -8.12. The SMILES string of the molecule is CC(C)(C)c1ccc(N2B3c4cc5c(cc4N(c4ccc(C(C)(C)C)cc4-c4ccccc4)c4c3c(cc3c4sc4ccccc43)-c3cc(N(c4ccc(C(C)(C)C)cc4)c4ccc(C(C)(C)C)cc4)ccc32)C(C)(C)c2ccccc2-5)cc1. The maximum Gasteiger partial charge on any atom is 0.333 e. The standard InChI is InChI=1S/C79H76BN3S/c1-75(2,3)50-28-35-54(36-29-50)81(55-37-30-51(31-38-55)76(4,5)6)57-41-43-69-62(45-57)63-46-64-59-25-19-21-27-71(59)84-74(64)73-72(63)80(83(69)56-39-32-52(33-40-56)77(7,8)9)67-47-61-58-24-18-20-26-65(58)79(13,14)66(61)48-70(67)82(73)68-42-34-53(78(10,11)12)44-60(68)49-22-16-15-17-23-49/h15-48H,1-14H3. The predicted molar refractivity (Wildman–Crippen MR) is 366 cm³/mol. The number of hydrogen-bond donors (Lipinski definition) is 0. The second-order valence-electron chi connectivity index (χ2n) is 28.7. The van der Waals surface area contributed by atoms with Crippen molar-refractivity contribution in [2.24, 2.45) is 0 Å². The summed E-state index contributed by atoms with van der Waals surface area (Å²) in [4.78, 5) is 7.92. The Balaban J connectivity index is 1.13. The van der Waals surface area contributed by atoms with Gasteiger partial charge in [0.2, 0.25) is 0 Å². The first-order chi connectivity index (χ1) is 39.9. The van der Waals surface area contributed by atoms with Gasteiger partial charge in [0, 0.05) is 66.1 Å². The lowest BCUT2D eigenvalue weighted by Gasteiger charge is -2.47. The third kappa shape index (κ3) is 8.58. The van der Waals surface area contributed by atoms with Crippen LogP contribution in [0.5, 0.6) is 0 Å². The Morgan fingerprint density at radius 2 is 0.952 bits per heavy atom. The molecular weight excluding hydrogens is 1030 g/mol. The van der Waals surface area contributed by atoms with E-state index in [1.54, 1.807) is 0 Å². The first-order valence-corrected chi connectivity index (χ1v) is 31.1. The molecule has 3 aliphatic rings. The second-order valence-corrected chi connectivity index (χ2v) is 29.7. The molecule has 0 N–H and O–H groups in total. The lowest BCUT2D eigenvalue weighted by Crippen LogP contribution is -2.61. The molecule has 416 valence electrons. The Morgan fingerprint density at radius 3 is 1.58 bits per heavy atom. The smallest absolute Gasteiger partial charge is 0.333 e. The number of fused-ring (bicyclic) bond motifs is 11. The van der Waals surface area contributed by atoms with Crippen LogP contribution in [-0.2, 0) is 27.1 Å². The molecule has 0 fully saturated rings. The number of benzene rings is 10. The lowest BCUT2D eigenvalue weighted by atomic mass is 9.43. The van der Waals surface area contributed by atoms with Gasteiger partial charge < -0.3 is 14.6 Å². The summed E-state index contributed by atoms with van der Waals surface area (Å²) >= 11 is 1.94. The molecule has 0 saturated heterocycles. The zero-order valence-electron chi connectivity index (χ0n) is 51.5. The molecule has 2 aliphatic heterocycles. The van der Waals surface area contributed by atoms with Crippen LogP contribution in [0, 0.1) is 0 Å². The Bertz CT molecular complexity index is 4370. The van der Waals surface area contributed by atoms with Crippen LogP contribution in [0.1, 0.15) is 130 Å². The van der Waals surface area contributed by atoms with Gasteiger partial charge in [-0.15, -0.1) is 11.3 Å². The number of thiophene rings is 1. The molecule has 11 aromatic rings. The van der Waals surface area contributed by atoms with Crippen molar-refractivity contribution >= 4 is 94.8 Å². The highest BCUT2D eigenvalue weighted by molar-refractivity contribution is 7.26. The fraction of sp³-hybridized carbons (Fsp3) is 0.241. The molecule has 0 amide bonds. The second kappa shape index (κ2) is 18.9. The summed E-state index contributed by atoms with van der Waals surface area (Å²) in [6.45, 7) is 32.4. The van der Waals surface area contributed by atoms with Gasteiger partial charge in [0.15, 0.2) is 0 Å².